The number of hydrogen-bond donors (Lipinski definition) is 1. The average Bonchev–Trinajstić information content (AvgIpc) is 2.70. The summed E-state index contributed by atoms with van der Waals surface area (Å²) in [4.78, 5) is 49.5. The van der Waals surface area contributed by atoms with Crippen LogP contribution in [0, 0.1) is 0 Å². The second-order valence-corrected chi connectivity index (χ2v) is 8.26. The van der Waals surface area contributed by atoms with Gasteiger partial charge in [-0.3, -0.25) is 23.5 Å². The minimum absolute atomic E-state index is 0.0527. The molecule has 0 saturated carbocycles. The molecule has 0 aromatic heterocycles. The van der Waals surface area contributed by atoms with Gasteiger partial charge in [0.1, 0.15) is 17.1 Å². The van der Waals surface area contributed by atoms with Crippen LogP contribution >= 0.6 is 0 Å². The maximum absolute atomic E-state index is 12.8. The third kappa shape index (κ3) is 4.04. The Bertz CT molecular complexity index is 986. The number of benzene rings is 1. The summed E-state index contributed by atoms with van der Waals surface area (Å²) in [5.41, 5.74) is 0.869. The molecule has 3 rings (SSSR count). The normalized spacial score (nSPS) is 22.7. The number of nitrogens with one attached hydrogen (secondary N) is 1. The van der Waals surface area contributed by atoms with Gasteiger partial charge in [0.2, 0.25) is 12.7 Å². The van der Waals surface area contributed by atoms with Gasteiger partial charge in [-0.2, -0.15) is 0 Å². The zero-order valence-corrected chi connectivity index (χ0v) is 17.2. The van der Waals surface area contributed by atoms with Gasteiger partial charge in [-0.1, -0.05) is 36.9 Å². The fraction of sp³-hybridized carbons (Fsp3) is 0.300. The Kier molecular flexibility index (Phi) is 6.16. The van der Waals surface area contributed by atoms with Gasteiger partial charge in [0.25, 0.3) is 5.91 Å². The van der Waals surface area contributed by atoms with E-state index < -0.39 is 52.8 Å². The number of esters is 2. The minimum Gasteiger partial charge on any atom is -0.428 e. The highest BCUT2D eigenvalue weighted by Crippen LogP contribution is 2.39. The van der Waals surface area contributed by atoms with Crippen molar-refractivity contribution in [1.82, 2.24) is 10.2 Å². The van der Waals surface area contributed by atoms with Crippen LogP contribution in [-0.4, -0.2) is 51.1 Å². The van der Waals surface area contributed by atoms with E-state index in [2.05, 4.69) is 16.6 Å². The molecule has 1 aromatic carbocycles. The van der Waals surface area contributed by atoms with E-state index in [9.17, 15) is 23.4 Å². The molecule has 2 amide bonds. The first kappa shape index (κ1) is 21.4. The molecule has 9 nitrogen and oxygen atoms in total. The molecular formula is C20H20N2O7S. The van der Waals surface area contributed by atoms with Crippen LogP contribution in [0.4, 0.5) is 0 Å². The molecule has 1 saturated heterocycles. The summed E-state index contributed by atoms with van der Waals surface area (Å²) in [5, 5.41) is 1.62. The number of hydrogen-bond acceptors (Lipinski definition) is 7. The highest BCUT2D eigenvalue weighted by atomic mass is 32.2. The van der Waals surface area contributed by atoms with Crippen LogP contribution in [0.2, 0.25) is 0 Å². The van der Waals surface area contributed by atoms with E-state index in [1.165, 1.54) is 6.92 Å². The summed E-state index contributed by atoms with van der Waals surface area (Å²) in [6.45, 7) is 5.77. The minimum atomic E-state index is -1.72. The maximum Gasteiger partial charge on any atom is 0.358 e. The Labute approximate surface area is 175 Å². The van der Waals surface area contributed by atoms with Crippen LogP contribution in [0.3, 0.4) is 0 Å². The Morgan fingerprint density at radius 3 is 2.50 bits per heavy atom. The number of carbonyl (C=O) groups is 4. The summed E-state index contributed by atoms with van der Waals surface area (Å²) >= 11 is 0. The molecule has 2 aliphatic rings. The zero-order valence-electron chi connectivity index (χ0n) is 16.4. The summed E-state index contributed by atoms with van der Waals surface area (Å²) < 4.78 is 22.2. The summed E-state index contributed by atoms with van der Waals surface area (Å²) in [6.07, 6.45) is 0.0527. The van der Waals surface area contributed by atoms with Crippen molar-refractivity contribution in [3.63, 3.8) is 0 Å². The van der Waals surface area contributed by atoms with Crippen molar-refractivity contribution < 1.29 is 32.9 Å². The monoisotopic (exact) mass is 432 g/mol. The second-order valence-electron chi connectivity index (χ2n) is 6.69. The first-order valence-electron chi connectivity index (χ1n) is 9.00. The number of β-lactam (4-membered cyclic amide) rings is 1. The van der Waals surface area contributed by atoms with Crippen molar-refractivity contribution in [2.24, 2.45) is 0 Å². The van der Waals surface area contributed by atoms with Crippen molar-refractivity contribution >= 4 is 34.6 Å². The Balaban J connectivity index is 1.75. The zero-order chi connectivity index (χ0) is 22.0. The molecule has 0 spiro atoms. The molecular weight excluding hydrogens is 412 g/mol. The Morgan fingerprint density at radius 2 is 1.87 bits per heavy atom. The predicted octanol–water partition coefficient (Wildman–Crippen LogP) is 0.496. The Hall–Kier alpha value is -3.27. The van der Waals surface area contributed by atoms with E-state index in [1.807, 2.05) is 6.07 Å². The molecule has 2 aliphatic heterocycles. The highest BCUT2D eigenvalue weighted by Gasteiger charge is 2.58. The van der Waals surface area contributed by atoms with Crippen molar-refractivity contribution in [3.05, 3.63) is 58.6 Å². The molecule has 2 heterocycles. The van der Waals surface area contributed by atoms with Crippen LogP contribution in [-0.2, 0) is 45.9 Å². The van der Waals surface area contributed by atoms with Gasteiger partial charge in [0.15, 0.2) is 0 Å². The van der Waals surface area contributed by atoms with Crippen LogP contribution in [0.5, 0.6) is 0 Å². The highest BCUT2D eigenvalue weighted by molar-refractivity contribution is 7.90. The van der Waals surface area contributed by atoms with Crippen molar-refractivity contribution in [3.8, 4) is 0 Å². The molecule has 0 bridgehead atoms. The standard InChI is InChI=1S/C20H20N2O7S/c1-11-12(2)30(27)19-16(21-15(24)9-14-7-5-4-6-8-14)18(25)22(19)17(11)20(26)29-10-28-13(3)23/h4-8,16,19H,2,9-10H2,1,3H3,(H,21,24)/t16-,19-,30?/m1/s1. The fourth-order valence-corrected chi connectivity index (χ4v) is 4.68. The number of nitrogens with zero attached hydrogens (tertiary/aromatic N) is 1. The van der Waals surface area contributed by atoms with E-state index in [1.54, 1.807) is 24.3 Å². The lowest BCUT2D eigenvalue weighted by atomic mass is 10.0. The van der Waals surface area contributed by atoms with Crippen molar-refractivity contribution in [1.29, 1.82) is 0 Å². The van der Waals surface area contributed by atoms with Gasteiger partial charge >= 0.3 is 11.9 Å². The smallest absolute Gasteiger partial charge is 0.358 e. The van der Waals surface area contributed by atoms with E-state index in [0.29, 0.717) is 0 Å². The van der Waals surface area contributed by atoms with Crippen LogP contribution in [0.25, 0.3) is 0 Å². The lowest BCUT2D eigenvalue weighted by Gasteiger charge is -2.49. The number of allylic oxidation sites excluding steroid dienone is 1. The molecule has 3 atom stereocenters. The van der Waals surface area contributed by atoms with Crippen molar-refractivity contribution in [2.75, 3.05) is 6.79 Å². The molecule has 1 N–H and O–H groups in total. The number of ether oxygens (including phenoxy) is 2. The maximum atomic E-state index is 12.8. The quantitative estimate of drug-likeness (QED) is 0.395. The number of rotatable bonds is 6. The molecule has 1 aromatic rings. The fourth-order valence-electron chi connectivity index (χ4n) is 3.15. The molecule has 1 fully saturated rings. The second kappa shape index (κ2) is 8.62. The van der Waals surface area contributed by atoms with E-state index in [-0.39, 0.29) is 22.6 Å². The third-order valence-corrected chi connectivity index (χ3v) is 6.40. The van der Waals surface area contributed by atoms with Crippen molar-refractivity contribution in [2.45, 2.75) is 31.7 Å². The first-order chi connectivity index (χ1) is 14.2. The molecule has 10 heteroatoms. The van der Waals surface area contributed by atoms with Gasteiger partial charge in [0, 0.05) is 11.8 Å². The van der Waals surface area contributed by atoms with Gasteiger partial charge in [-0.15, -0.1) is 0 Å². The van der Waals surface area contributed by atoms with Gasteiger partial charge in [-0.25, -0.2) is 4.79 Å². The predicted molar refractivity (Wildman–Crippen MR) is 105 cm³/mol. The topological polar surface area (TPSA) is 119 Å². The molecule has 1 unspecified atom stereocenters. The lowest BCUT2D eigenvalue weighted by molar-refractivity contribution is -0.166. The van der Waals surface area contributed by atoms with E-state index >= 15 is 0 Å². The summed E-state index contributed by atoms with van der Waals surface area (Å²) in [6, 6.07) is 7.91. The summed E-state index contributed by atoms with van der Waals surface area (Å²) in [7, 11) is -1.72. The molecule has 30 heavy (non-hydrogen) atoms. The lowest BCUT2D eigenvalue weighted by Crippen LogP contribution is -2.73. The number of carbonyl (C=O) groups excluding carboxylic acids is 4. The average molecular weight is 432 g/mol. The Morgan fingerprint density at radius 1 is 1.20 bits per heavy atom. The van der Waals surface area contributed by atoms with Crippen LogP contribution in [0.1, 0.15) is 19.4 Å². The molecule has 0 aliphatic carbocycles. The SMILES string of the molecule is C=C1C(C)=C(C(=O)OCOC(C)=O)N2C(=O)[C@@H](NC(=O)Cc3ccccc3)[C@H]2S1=O. The number of amides is 2. The van der Waals surface area contributed by atoms with Gasteiger partial charge < -0.3 is 14.8 Å². The summed E-state index contributed by atoms with van der Waals surface area (Å²) in [5.74, 6) is -2.55. The first-order valence-corrected chi connectivity index (χ1v) is 10.2. The van der Waals surface area contributed by atoms with Crippen LogP contribution < -0.4 is 5.32 Å². The third-order valence-electron chi connectivity index (χ3n) is 4.69. The molecule has 158 valence electrons. The van der Waals surface area contributed by atoms with E-state index in [0.717, 1.165) is 17.4 Å². The largest absolute Gasteiger partial charge is 0.428 e. The number of fused-ring (bicyclic) bond motifs is 1. The van der Waals surface area contributed by atoms with Crippen LogP contribution in [0.15, 0.2) is 53.1 Å². The van der Waals surface area contributed by atoms with Gasteiger partial charge in [-0.05, 0) is 18.1 Å². The van der Waals surface area contributed by atoms with E-state index in [4.69, 9.17) is 4.74 Å². The van der Waals surface area contributed by atoms with Gasteiger partial charge in [0.05, 0.1) is 17.2 Å². The molecule has 0 radical (unpaired) electrons.